The van der Waals surface area contributed by atoms with Crippen LogP contribution < -0.4 is 10.1 Å². The smallest absolute Gasteiger partial charge is 0.312 e. The molecule has 0 aliphatic heterocycles. The van der Waals surface area contributed by atoms with Crippen molar-refractivity contribution in [1.29, 1.82) is 0 Å². The van der Waals surface area contributed by atoms with Gasteiger partial charge < -0.3 is 10.1 Å². The fourth-order valence-corrected chi connectivity index (χ4v) is 2.01. The number of nitrogens with one attached hydrogen (secondary N) is 1. The number of halogens is 1. The minimum absolute atomic E-state index is 0.131. The van der Waals surface area contributed by atoms with E-state index >= 15 is 0 Å². The summed E-state index contributed by atoms with van der Waals surface area (Å²) >= 11 is 5.72. The monoisotopic (exact) mass is 307 g/mol. The normalized spacial score (nSPS) is 10.2. The highest BCUT2D eigenvalue weighted by atomic mass is 35.5. The van der Waals surface area contributed by atoms with Crippen LogP contribution in [0.25, 0.3) is 0 Å². The second-order valence-electron chi connectivity index (χ2n) is 4.31. The molecule has 6 nitrogen and oxygen atoms in total. The van der Waals surface area contributed by atoms with E-state index in [9.17, 15) is 10.1 Å². The maximum Gasteiger partial charge on any atom is 0.312 e. The van der Waals surface area contributed by atoms with Gasteiger partial charge in [0.2, 0.25) is 5.82 Å². The fourth-order valence-electron chi connectivity index (χ4n) is 1.86. The fraction of sp³-hybridized carbons (Fsp3) is 0.214. The number of aromatic nitrogens is 1. The molecule has 110 valence electrons. The number of anilines is 1. The number of methoxy groups -OCH3 is 1. The van der Waals surface area contributed by atoms with Gasteiger partial charge in [-0.2, -0.15) is 0 Å². The number of ether oxygens (including phenoxy) is 1. The lowest BCUT2D eigenvalue weighted by atomic mass is 10.1. The van der Waals surface area contributed by atoms with Crippen molar-refractivity contribution in [3.8, 4) is 5.75 Å². The predicted octanol–water partition coefficient (Wildman–Crippen LogP) is 3.31. The average molecular weight is 308 g/mol. The molecule has 0 aliphatic rings. The van der Waals surface area contributed by atoms with Crippen molar-refractivity contribution in [3.63, 3.8) is 0 Å². The Bertz CT molecular complexity index is 649. The first kappa shape index (κ1) is 15.1. The third-order valence-corrected chi connectivity index (χ3v) is 3.08. The van der Waals surface area contributed by atoms with Crippen LogP contribution in [0, 0.1) is 10.1 Å². The van der Waals surface area contributed by atoms with Crippen molar-refractivity contribution in [2.24, 2.45) is 0 Å². The molecule has 1 aromatic heterocycles. The van der Waals surface area contributed by atoms with E-state index < -0.39 is 4.92 Å². The molecule has 7 heteroatoms. The van der Waals surface area contributed by atoms with Gasteiger partial charge in [0.05, 0.1) is 17.1 Å². The Morgan fingerprint density at radius 2 is 2.24 bits per heavy atom. The van der Waals surface area contributed by atoms with E-state index in [1.165, 1.54) is 12.3 Å². The molecule has 1 N–H and O–H groups in total. The SMILES string of the molecule is COc1cccc(CCNc2ncc(Cl)cc2[N+](=O)[O-])c1. The van der Waals surface area contributed by atoms with Crippen molar-refractivity contribution in [1.82, 2.24) is 4.98 Å². The summed E-state index contributed by atoms with van der Waals surface area (Å²) in [5.74, 6) is 0.996. The molecular weight excluding hydrogens is 294 g/mol. The van der Waals surface area contributed by atoms with Crippen molar-refractivity contribution < 1.29 is 9.66 Å². The summed E-state index contributed by atoms with van der Waals surface area (Å²) in [6.45, 7) is 0.517. The molecule has 2 aromatic rings. The van der Waals surface area contributed by atoms with Crippen molar-refractivity contribution in [3.05, 3.63) is 57.2 Å². The second kappa shape index (κ2) is 6.90. The highest BCUT2D eigenvalue weighted by Crippen LogP contribution is 2.25. The molecule has 0 spiro atoms. The zero-order chi connectivity index (χ0) is 15.2. The highest BCUT2D eigenvalue weighted by molar-refractivity contribution is 6.30. The molecule has 0 aliphatic carbocycles. The molecule has 0 saturated carbocycles. The number of rotatable bonds is 6. The van der Waals surface area contributed by atoms with Crippen LogP contribution >= 0.6 is 11.6 Å². The van der Waals surface area contributed by atoms with E-state index in [0.717, 1.165) is 11.3 Å². The lowest BCUT2D eigenvalue weighted by Gasteiger charge is -2.07. The lowest BCUT2D eigenvalue weighted by Crippen LogP contribution is -2.08. The molecule has 0 bridgehead atoms. The van der Waals surface area contributed by atoms with Crippen LogP contribution in [0.15, 0.2) is 36.5 Å². The molecule has 2 rings (SSSR count). The quantitative estimate of drug-likeness (QED) is 0.654. The van der Waals surface area contributed by atoms with Gasteiger partial charge in [0, 0.05) is 18.8 Å². The minimum Gasteiger partial charge on any atom is -0.497 e. The third-order valence-electron chi connectivity index (χ3n) is 2.87. The maximum absolute atomic E-state index is 10.9. The van der Waals surface area contributed by atoms with Gasteiger partial charge in [-0.1, -0.05) is 23.7 Å². The molecule has 0 atom stereocenters. The largest absolute Gasteiger partial charge is 0.497 e. The van der Waals surface area contributed by atoms with Gasteiger partial charge in [-0.25, -0.2) is 4.98 Å². The Balaban J connectivity index is 2.01. The van der Waals surface area contributed by atoms with E-state index in [0.29, 0.717) is 13.0 Å². The molecular formula is C14H14ClN3O3. The number of hydrogen-bond acceptors (Lipinski definition) is 5. The number of pyridine rings is 1. The van der Waals surface area contributed by atoms with Crippen molar-refractivity contribution in [2.75, 3.05) is 19.0 Å². The Labute approximate surface area is 126 Å². The van der Waals surface area contributed by atoms with Crippen LogP contribution in [0.4, 0.5) is 11.5 Å². The number of benzene rings is 1. The Morgan fingerprint density at radius 1 is 1.43 bits per heavy atom. The molecule has 1 heterocycles. The third kappa shape index (κ3) is 4.06. The summed E-state index contributed by atoms with van der Waals surface area (Å²) in [7, 11) is 1.61. The Kier molecular flexibility index (Phi) is 4.94. The molecule has 0 saturated heterocycles. The van der Waals surface area contributed by atoms with Crippen LogP contribution in [0.1, 0.15) is 5.56 Å². The Morgan fingerprint density at radius 3 is 2.95 bits per heavy atom. The second-order valence-corrected chi connectivity index (χ2v) is 4.74. The van der Waals surface area contributed by atoms with E-state index in [-0.39, 0.29) is 16.5 Å². The van der Waals surface area contributed by atoms with Crippen LogP contribution in [0.3, 0.4) is 0 Å². The average Bonchev–Trinajstić information content (AvgIpc) is 2.48. The molecule has 0 unspecified atom stereocenters. The van der Waals surface area contributed by atoms with Gasteiger partial charge in [-0.05, 0) is 24.1 Å². The summed E-state index contributed by atoms with van der Waals surface area (Å²) in [4.78, 5) is 14.4. The van der Waals surface area contributed by atoms with E-state index in [1.807, 2.05) is 24.3 Å². The first-order valence-electron chi connectivity index (χ1n) is 6.27. The topological polar surface area (TPSA) is 77.3 Å². The summed E-state index contributed by atoms with van der Waals surface area (Å²) in [6, 6.07) is 8.93. The zero-order valence-electron chi connectivity index (χ0n) is 11.4. The Hall–Kier alpha value is -2.34. The summed E-state index contributed by atoms with van der Waals surface area (Å²) in [5, 5.41) is 14.1. The number of hydrogen-bond donors (Lipinski definition) is 1. The maximum atomic E-state index is 10.9. The molecule has 0 amide bonds. The van der Waals surface area contributed by atoms with Crippen LogP contribution in [0.2, 0.25) is 5.02 Å². The van der Waals surface area contributed by atoms with Gasteiger partial charge >= 0.3 is 5.69 Å². The summed E-state index contributed by atoms with van der Waals surface area (Å²) in [5.41, 5.74) is 0.937. The van der Waals surface area contributed by atoms with Gasteiger partial charge in [-0.15, -0.1) is 0 Å². The molecule has 0 fully saturated rings. The van der Waals surface area contributed by atoms with Crippen LogP contribution in [-0.2, 0) is 6.42 Å². The summed E-state index contributed by atoms with van der Waals surface area (Å²) in [6.07, 6.45) is 2.07. The first-order valence-corrected chi connectivity index (χ1v) is 6.64. The van der Waals surface area contributed by atoms with E-state index in [2.05, 4.69) is 10.3 Å². The lowest BCUT2D eigenvalue weighted by molar-refractivity contribution is -0.384. The minimum atomic E-state index is -0.507. The summed E-state index contributed by atoms with van der Waals surface area (Å²) < 4.78 is 5.15. The molecule has 21 heavy (non-hydrogen) atoms. The number of nitrogens with zero attached hydrogens (tertiary/aromatic N) is 2. The zero-order valence-corrected chi connectivity index (χ0v) is 12.1. The van der Waals surface area contributed by atoms with E-state index in [1.54, 1.807) is 7.11 Å². The first-order chi connectivity index (χ1) is 10.1. The van der Waals surface area contributed by atoms with Gasteiger partial charge in [-0.3, -0.25) is 10.1 Å². The van der Waals surface area contributed by atoms with Gasteiger partial charge in [0.1, 0.15) is 5.75 Å². The molecule has 0 radical (unpaired) electrons. The standard InChI is InChI=1S/C14H14ClN3O3/c1-21-12-4-2-3-10(7-12)5-6-16-14-13(18(19)20)8-11(15)9-17-14/h2-4,7-9H,5-6H2,1H3,(H,16,17). The van der Waals surface area contributed by atoms with Crippen LogP contribution in [-0.4, -0.2) is 23.6 Å². The molecule has 1 aromatic carbocycles. The van der Waals surface area contributed by atoms with Crippen molar-refractivity contribution in [2.45, 2.75) is 6.42 Å². The highest BCUT2D eigenvalue weighted by Gasteiger charge is 2.15. The van der Waals surface area contributed by atoms with Gasteiger partial charge in [0.25, 0.3) is 0 Å². The van der Waals surface area contributed by atoms with E-state index in [4.69, 9.17) is 16.3 Å². The van der Waals surface area contributed by atoms with Crippen LogP contribution in [0.5, 0.6) is 5.75 Å². The van der Waals surface area contributed by atoms with Crippen molar-refractivity contribution >= 4 is 23.1 Å². The predicted molar refractivity (Wildman–Crippen MR) is 81.1 cm³/mol. The van der Waals surface area contributed by atoms with Gasteiger partial charge in [0.15, 0.2) is 0 Å². The number of nitro groups is 1.